The number of unbranched alkanes of at least 4 members (excludes halogenated alkanes) is 6. The van der Waals surface area contributed by atoms with Crippen molar-refractivity contribution in [1.29, 1.82) is 0 Å². The van der Waals surface area contributed by atoms with E-state index >= 15 is 0 Å². The van der Waals surface area contributed by atoms with E-state index in [0.717, 1.165) is 11.5 Å². The van der Waals surface area contributed by atoms with E-state index in [1.54, 1.807) is 0 Å². The van der Waals surface area contributed by atoms with Crippen molar-refractivity contribution in [2.45, 2.75) is 91.3 Å². The van der Waals surface area contributed by atoms with E-state index in [1.165, 1.54) is 62.9 Å². The Bertz CT molecular complexity index is 180. The van der Waals surface area contributed by atoms with Crippen LogP contribution < -0.4 is 0 Å². The molecule has 0 rings (SSSR count). The van der Waals surface area contributed by atoms with Crippen molar-refractivity contribution in [2.24, 2.45) is 0 Å². The molecule has 0 spiro atoms. The number of hydrogen-bond acceptors (Lipinski definition) is 3. The molecule has 0 heterocycles. The average molecular weight is 335 g/mol. The van der Waals surface area contributed by atoms with Crippen LogP contribution in [0.3, 0.4) is 0 Å². The zero-order valence-electron chi connectivity index (χ0n) is 14.9. The fourth-order valence-corrected chi connectivity index (χ4v) is 4.21. The van der Waals surface area contributed by atoms with Gasteiger partial charge in [0.15, 0.2) is 0 Å². The van der Waals surface area contributed by atoms with E-state index in [-0.39, 0.29) is 0 Å². The van der Waals surface area contributed by atoms with Gasteiger partial charge in [0.25, 0.3) is 0 Å². The van der Waals surface area contributed by atoms with Crippen molar-refractivity contribution < 1.29 is 4.74 Å². The topological polar surface area (TPSA) is 9.23 Å². The quantitative estimate of drug-likeness (QED) is 0.302. The van der Waals surface area contributed by atoms with Crippen LogP contribution in [0.25, 0.3) is 0 Å². The highest BCUT2D eigenvalue weighted by atomic mass is 32.2. The highest BCUT2D eigenvalue weighted by molar-refractivity contribution is 7.99. The van der Waals surface area contributed by atoms with Gasteiger partial charge in [0.05, 0.1) is 12.2 Å². The van der Waals surface area contributed by atoms with E-state index in [0.29, 0.717) is 12.2 Å². The first-order valence-corrected chi connectivity index (χ1v) is 11.3. The summed E-state index contributed by atoms with van der Waals surface area (Å²) >= 11 is 4.12. The van der Waals surface area contributed by atoms with Gasteiger partial charge in [0, 0.05) is 11.5 Å². The van der Waals surface area contributed by atoms with Crippen LogP contribution in [-0.4, -0.2) is 35.2 Å². The van der Waals surface area contributed by atoms with Gasteiger partial charge in [-0.15, -0.1) is 0 Å². The van der Waals surface area contributed by atoms with Crippen molar-refractivity contribution in [2.75, 3.05) is 23.0 Å². The third kappa shape index (κ3) is 16.9. The lowest BCUT2D eigenvalue weighted by Crippen LogP contribution is -2.21. The summed E-state index contributed by atoms with van der Waals surface area (Å²) in [4.78, 5) is 0. The monoisotopic (exact) mass is 334 g/mol. The van der Waals surface area contributed by atoms with Gasteiger partial charge in [-0.3, -0.25) is 0 Å². The summed E-state index contributed by atoms with van der Waals surface area (Å²) in [6.07, 6.45) is 11.8. The van der Waals surface area contributed by atoms with Crippen LogP contribution in [0, 0.1) is 0 Å². The predicted octanol–water partition coefficient (Wildman–Crippen LogP) is 6.41. The highest BCUT2D eigenvalue weighted by Crippen LogP contribution is 2.14. The third-order valence-corrected chi connectivity index (χ3v) is 6.02. The normalized spacial score (nSPS) is 14.3. The second kappa shape index (κ2) is 17.0. The van der Waals surface area contributed by atoms with Gasteiger partial charge in [-0.1, -0.05) is 52.4 Å². The maximum absolute atomic E-state index is 6.06. The Morgan fingerprint density at radius 1 is 0.667 bits per heavy atom. The first-order valence-electron chi connectivity index (χ1n) is 9.01. The molecular formula is C18H38OS2. The van der Waals surface area contributed by atoms with Gasteiger partial charge >= 0.3 is 0 Å². The van der Waals surface area contributed by atoms with E-state index in [4.69, 9.17) is 4.74 Å². The first-order chi connectivity index (χ1) is 10.2. The van der Waals surface area contributed by atoms with E-state index in [9.17, 15) is 0 Å². The van der Waals surface area contributed by atoms with Crippen molar-refractivity contribution >= 4 is 23.5 Å². The van der Waals surface area contributed by atoms with Crippen LogP contribution in [-0.2, 0) is 4.74 Å². The summed E-state index contributed by atoms with van der Waals surface area (Å²) in [6.45, 7) is 8.99. The summed E-state index contributed by atoms with van der Waals surface area (Å²) in [5.74, 6) is 4.90. The molecule has 2 atom stereocenters. The second-order valence-corrected chi connectivity index (χ2v) is 8.33. The standard InChI is InChI=1S/C18H38OS2/c1-5-7-9-11-13-20-15-17(3)19-18(4)16-21-14-12-10-8-6-2/h17-18H,5-16H2,1-4H3/t17-,18-/m0/s1. The van der Waals surface area contributed by atoms with Crippen molar-refractivity contribution in [1.82, 2.24) is 0 Å². The lowest BCUT2D eigenvalue weighted by molar-refractivity contribution is 0.0354. The average Bonchev–Trinajstić information content (AvgIpc) is 2.46. The summed E-state index contributed by atoms with van der Waals surface area (Å²) in [6, 6.07) is 0. The molecule has 0 aliphatic carbocycles. The molecule has 0 aromatic heterocycles. The van der Waals surface area contributed by atoms with Crippen molar-refractivity contribution in [3.05, 3.63) is 0 Å². The molecule has 0 saturated carbocycles. The Kier molecular flexibility index (Phi) is 17.6. The number of rotatable bonds is 16. The van der Waals surface area contributed by atoms with Gasteiger partial charge in [0.2, 0.25) is 0 Å². The lowest BCUT2D eigenvalue weighted by atomic mass is 10.2. The second-order valence-electron chi connectivity index (χ2n) is 6.03. The molecule has 0 aliphatic heterocycles. The third-order valence-electron chi connectivity index (χ3n) is 3.45. The minimum atomic E-state index is 0.400. The highest BCUT2D eigenvalue weighted by Gasteiger charge is 2.08. The van der Waals surface area contributed by atoms with Crippen molar-refractivity contribution in [3.8, 4) is 0 Å². The number of hydrogen-bond donors (Lipinski definition) is 0. The van der Waals surface area contributed by atoms with E-state index in [1.807, 2.05) is 0 Å². The zero-order valence-corrected chi connectivity index (χ0v) is 16.5. The maximum Gasteiger partial charge on any atom is 0.0641 e. The molecule has 0 unspecified atom stereocenters. The van der Waals surface area contributed by atoms with Crippen LogP contribution in [0.15, 0.2) is 0 Å². The van der Waals surface area contributed by atoms with Crippen molar-refractivity contribution in [3.63, 3.8) is 0 Å². The molecule has 21 heavy (non-hydrogen) atoms. The SMILES string of the molecule is CCCCCCSC[C@H](C)O[C@@H](C)CSCCCCCC. The predicted molar refractivity (Wildman–Crippen MR) is 103 cm³/mol. The van der Waals surface area contributed by atoms with Crippen LogP contribution in [0.4, 0.5) is 0 Å². The van der Waals surface area contributed by atoms with Crippen LogP contribution >= 0.6 is 23.5 Å². The molecule has 128 valence electrons. The number of ether oxygens (including phenoxy) is 1. The molecule has 0 aromatic rings. The lowest BCUT2D eigenvalue weighted by Gasteiger charge is -2.18. The van der Waals surface area contributed by atoms with Crippen LogP contribution in [0.1, 0.15) is 79.1 Å². The molecule has 0 aliphatic rings. The van der Waals surface area contributed by atoms with Crippen LogP contribution in [0.5, 0.6) is 0 Å². The molecule has 0 N–H and O–H groups in total. The van der Waals surface area contributed by atoms with Gasteiger partial charge < -0.3 is 4.74 Å². The summed E-state index contributed by atoms with van der Waals surface area (Å²) in [5.41, 5.74) is 0. The van der Waals surface area contributed by atoms with E-state index < -0.39 is 0 Å². The minimum Gasteiger partial charge on any atom is -0.374 e. The Labute approximate surface area is 142 Å². The Balaban J connectivity index is 3.33. The molecule has 0 amide bonds. The molecule has 3 heteroatoms. The largest absolute Gasteiger partial charge is 0.374 e. The molecular weight excluding hydrogens is 296 g/mol. The summed E-state index contributed by atoms with van der Waals surface area (Å²) < 4.78 is 6.06. The molecule has 0 aromatic carbocycles. The molecule has 1 nitrogen and oxygen atoms in total. The Morgan fingerprint density at radius 3 is 1.48 bits per heavy atom. The molecule has 0 saturated heterocycles. The van der Waals surface area contributed by atoms with Gasteiger partial charge in [-0.25, -0.2) is 0 Å². The fourth-order valence-electron chi connectivity index (χ4n) is 2.24. The molecule has 0 fully saturated rings. The Morgan fingerprint density at radius 2 is 1.10 bits per heavy atom. The zero-order chi connectivity index (χ0) is 15.8. The molecule has 0 radical (unpaired) electrons. The van der Waals surface area contributed by atoms with Crippen LogP contribution in [0.2, 0.25) is 0 Å². The fraction of sp³-hybridized carbons (Fsp3) is 1.00. The molecule has 0 bridgehead atoms. The maximum atomic E-state index is 6.06. The van der Waals surface area contributed by atoms with E-state index in [2.05, 4.69) is 51.2 Å². The Hall–Kier alpha value is 0.660. The van der Waals surface area contributed by atoms with Gasteiger partial charge in [-0.05, 0) is 38.2 Å². The number of thioether (sulfide) groups is 2. The summed E-state index contributed by atoms with van der Waals surface area (Å²) in [7, 11) is 0. The van der Waals surface area contributed by atoms with Gasteiger partial charge in [-0.2, -0.15) is 23.5 Å². The minimum absolute atomic E-state index is 0.400. The van der Waals surface area contributed by atoms with Gasteiger partial charge in [0.1, 0.15) is 0 Å². The first kappa shape index (κ1) is 21.7. The smallest absolute Gasteiger partial charge is 0.0641 e. The summed E-state index contributed by atoms with van der Waals surface area (Å²) in [5, 5.41) is 0.